The van der Waals surface area contributed by atoms with Gasteiger partial charge in [-0.3, -0.25) is 0 Å². The molecule has 0 aromatic heterocycles. The summed E-state index contributed by atoms with van der Waals surface area (Å²) in [4.78, 5) is 3.90. The Morgan fingerprint density at radius 3 is 2.38 bits per heavy atom. The predicted octanol–water partition coefficient (Wildman–Crippen LogP) is 6.34. The average molecular weight is 428 g/mol. The van der Waals surface area contributed by atoms with Gasteiger partial charge in [0.15, 0.2) is 9.79 Å². The molecular weight excluding hydrogens is 405 g/mol. The molecule has 29 heavy (non-hydrogen) atoms. The van der Waals surface area contributed by atoms with Crippen molar-refractivity contribution >= 4 is 28.5 Å². The monoisotopic (exact) mass is 427 g/mol. The molecule has 1 atom stereocenters. The summed E-state index contributed by atoms with van der Waals surface area (Å²) in [5.41, 5.74) is 2.89. The Hall–Kier alpha value is -2.01. The standard InChI is InChI=1S/C24H23ClFNOS/c1-17-6-9-20(10-7-17)29(28)24-5-3-2-4-23(24)27-14-12-18(13-15-27)21-11-8-19(25)16-22(21)26/h2-11,16,18H,12-15H2,1H3. The highest BCUT2D eigenvalue weighted by Gasteiger charge is 2.27. The van der Waals surface area contributed by atoms with Crippen molar-refractivity contribution in [3.05, 3.63) is 88.7 Å². The van der Waals surface area contributed by atoms with Crippen LogP contribution < -0.4 is 4.90 Å². The molecule has 4 rings (SSSR count). The molecule has 1 unspecified atom stereocenters. The van der Waals surface area contributed by atoms with Crippen LogP contribution in [0.25, 0.3) is 0 Å². The van der Waals surface area contributed by atoms with E-state index in [9.17, 15) is 8.94 Å². The van der Waals surface area contributed by atoms with Gasteiger partial charge in [0.05, 0.1) is 5.69 Å². The van der Waals surface area contributed by atoms with Gasteiger partial charge in [0.2, 0.25) is 0 Å². The van der Waals surface area contributed by atoms with Crippen molar-refractivity contribution in [1.29, 1.82) is 0 Å². The van der Waals surface area contributed by atoms with Gasteiger partial charge in [-0.2, -0.15) is 0 Å². The van der Waals surface area contributed by atoms with Crippen LogP contribution in [-0.4, -0.2) is 17.6 Å². The van der Waals surface area contributed by atoms with Crippen LogP contribution in [0.4, 0.5) is 10.1 Å². The van der Waals surface area contributed by atoms with E-state index in [4.69, 9.17) is 11.6 Å². The van der Waals surface area contributed by atoms with E-state index in [2.05, 4.69) is 4.90 Å². The van der Waals surface area contributed by atoms with Crippen LogP contribution in [0.1, 0.15) is 29.9 Å². The SMILES string of the molecule is Cc1ccc([S+]([O-])c2ccccc2N2CCC(c3ccc(Cl)cc3F)CC2)cc1. The fourth-order valence-electron chi connectivity index (χ4n) is 3.93. The summed E-state index contributed by atoms with van der Waals surface area (Å²) in [5.74, 6) is -0.0462. The first-order valence-electron chi connectivity index (χ1n) is 9.80. The van der Waals surface area contributed by atoms with Crippen LogP contribution in [0.5, 0.6) is 0 Å². The Balaban J connectivity index is 1.52. The van der Waals surface area contributed by atoms with Crippen molar-refractivity contribution in [2.75, 3.05) is 18.0 Å². The quantitative estimate of drug-likeness (QED) is 0.454. The first-order valence-corrected chi connectivity index (χ1v) is 11.3. The zero-order valence-electron chi connectivity index (χ0n) is 16.3. The third-order valence-corrected chi connectivity index (χ3v) is 7.22. The molecule has 0 bridgehead atoms. The molecule has 5 heteroatoms. The van der Waals surface area contributed by atoms with Crippen molar-refractivity contribution in [2.45, 2.75) is 35.5 Å². The largest absolute Gasteiger partial charge is 0.606 e. The Labute approximate surface area is 179 Å². The Bertz CT molecular complexity index is 986. The number of halogens is 2. The van der Waals surface area contributed by atoms with Gasteiger partial charge in [-0.1, -0.05) is 47.5 Å². The lowest BCUT2D eigenvalue weighted by molar-refractivity contribution is 0.480. The highest BCUT2D eigenvalue weighted by Crippen LogP contribution is 2.36. The van der Waals surface area contributed by atoms with Crippen molar-refractivity contribution < 1.29 is 8.94 Å². The minimum atomic E-state index is -1.24. The lowest BCUT2D eigenvalue weighted by atomic mass is 9.89. The van der Waals surface area contributed by atoms with Crippen LogP contribution in [0.3, 0.4) is 0 Å². The molecule has 1 fully saturated rings. The second kappa shape index (κ2) is 8.78. The third-order valence-electron chi connectivity index (χ3n) is 5.54. The molecule has 0 saturated carbocycles. The Kier molecular flexibility index (Phi) is 6.14. The minimum Gasteiger partial charge on any atom is -0.606 e. The number of aryl methyl sites for hydroxylation is 1. The van der Waals surface area contributed by atoms with Crippen LogP contribution in [0.2, 0.25) is 5.02 Å². The van der Waals surface area contributed by atoms with Gasteiger partial charge in [0, 0.05) is 29.3 Å². The van der Waals surface area contributed by atoms with E-state index < -0.39 is 11.2 Å². The number of hydrogen-bond acceptors (Lipinski definition) is 2. The lowest BCUT2D eigenvalue weighted by Crippen LogP contribution is -2.34. The maximum Gasteiger partial charge on any atom is 0.181 e. The Morgan fingerprint density at radius 2 is 1.69 bits per heavy atom. The number of benzene rings is 3. The molecule has 1 saturated heterocycles. The molecule has 3 aromatic carbocycles. The van der Waals surface area contributed by atoms with Crippen LogP contribution in [-0.2, 0) is 11.2 Å². The van der Waals surface area contributed by atoms with Crippen LogP contribution >= 0.6 is 11.6 Å². The van der Waals surface area contributed by atoms with Crippen LogP contribution in [0, 0.1) is 12.7 Å². The smallest absolute Gasteiger partial charge is 0.181 e. The summed E-state index contributed by atoms with van der Waals surface area (Å²) in [6.45, 7) is 3.62. The summed E-state index contributed by atoms with van der Waals surface area (Å²) in [6, 6.07) is 20.7. The van der Waals surface area contributed by atoms with E-state index >= 15 is 0 Å². The van der Waals surface area contributed by atoms with Crippen molar-refractivity contribution in [2.24, 2.45) is 0 Å². The highest BCUT2D eigenvalue weighted by atomic mass is 35.5. The van der Waals surface area contributed by atoms with Crippen LogP contribution in [0.15, 0.2) is 76.5 Å². The van der Waals surface area contributed by atoms with Gasteiger partial charge in [0.25, 0.3) is 0 Å². The lowest BCUT2D eigenvalue weighted by Gasteiger charge is -2.34. The maximum absolute atomic E-state index is 14.3. The number of rotatable bonds is 4. The molecular formula is C24H23ClFNOS. The molecule has 1 aliphatic heterocycles. The first-order chi connectivity index (χ1) is 14.0. The number of piperidine rings is 1. The summed E-state index contributed by atoms with van der Waals surface area (Å²) in [6.07, 6.45) is 1.70. The fraction of sp³-hybridized carbons (Fsp3) is 0.250. The van der Waals surface area contributed by atoms with Gasteiger partial charge < -0.3 is 9.45 Å². The molecule has 150 valence electrons. The van der Waals surface area contributed by atoms with Gasteiger partial charge in [-0.15, -0.1) is 0 Å². The fourth-order valence-corrected chi connectivity index (χ4v) is 5.31. The molecule has 0 N–H and O–H groups in total. The summed E-state index contributed by atoms with van der Waals surface area (Å²) < 4.78 is 27.5. The van der Waals surface area contributed by atoms with E-state index in [1.807, 2.05) is 55.5 Å². The Morgan fingerprint density at radius 1 is 1.00 bits per heavy atom. The van der Waals surface area contributed by atoms with Crippen molar-refractivity contribution in [1.82, 2.24) is 0 Å². The third kappa shape index (κ3) is 4.45. The van der Waals surface area contributed by atoms with E-state index in [1.165, 1.54) is 6.07 Å². The molecule has 0 spiro atoms. The van der Waals surface area contributed by atoms with Gasteiger partial charge in [-0.05, 0) is 67.6 Å². The summed E-state index contributed by atoms with van der Waals surface area (Å²) >= 11 is 4.65. The predicted molar refractivity (Wildman–Crippen MR) is 118 cm³/mol. The van der Waals surface area contributed by atoms with Gasteiger partial charge >= 0.3 is 0 Å². The van der Waals surface area contributed by atoms with Crippen molar-refractivity contribution in [3.63, 3.8) is 0 Å². The minimum absolute atomic E-state index is 0.179. The summed E-state index contributed by atoms with van der Waals surface area (Å²) in [7, 11) is 0. The topological polar surface area (TPSA) is 26.3 Å². The zero-order valence-corrected chi connectivity index (χ0v) is 17.8. The number of hydrogen-bond donors (Lipinski definition) is 0. The molecule has 1 aliphatic rings. The maximum atomic E-state index is 14.3. The van der Waals surface area contributed by atoms with E-state index in [0.717, 1.165) is 52.5 Å². The van der Waals surface area contributed by atoms with Crippen molar-refractivity contribution in [3.8, 4) is 0 Å². The molecule has 0 aliphatic carbocycles. The number of anilines is 1. The zero-order chi connectivity index (χ0) is 20.4. The van der Waals surface area contributed by atoms with Gasteiger partial charge in [-0.25, -0.2) is 4.39 Å². The molecule has 3 aromatic rings. The number of nitrogens with zero attached hydrogens (tertiary/aromatic N) is 1. The van der Waals surface area contributed by atoms with E-state index in [-0.39, 0.29) is 11.7 Å². The second-order valence-corrected chi connectivity index (χ2v) is 9.36. The average Bonchev–Trinajstić information content (AvgIpc) is 2.74. The van der Waals surface area contributed by atoms with E-state index in [1.54, 1.807) is 12.1 Å². The molecule has 0 amide bonds. The normalized spacial score (nSPS) is 16.1. The number of para-hydroxylation sites is 1. The second-order valence-electron chi connectivity index (χ2n) is 7.48. The summed E-state index contributed by atoms with van der Waals surface area (Å²) in [5, 5.41) is 0.427. The highest BCUT2D eigenvalue weighted by molar-refractivity contribution is 7.91. The molecule has 2 nitrogen and oxygen atoms in total. The molecule has 0 radical (unpaired) electrons. The first kappa shape index (κ1) is 20.3. The molecule has 1 heterocycles. The van der Waals surface area contributed by atoms with Gasteiger partial charge in [0.1, 0.15) is 5.82 Å². The van der Waals surface area contributed by atoms with E-state index in [0.29, 0.717) is 5.02 Å².